The summed E-state index contributed by atoms with van der Waals surface area (Å²) >= 11 is 0. The molecule has 2 bridgehead atoms. The predicted octanol–water partition coefficient (Wildman–Crippen LogP) is 3.23. The molecule has 3 saturated heterocycles. The summed E-state index contributed by atoms with van der Waals surface area (Å²) < 4.78 is 12.3. The van der Waals surface area contributed by atoms with Gasteiger partial charge in [0, 0.05) is 12.6 Å². The number of fused-ring (bicyclic) bond motifs is 1. The third-order valence-corrected chi connectivity index (χ3v) is 9.39. The second kappa shape index (κ2) is 10.9. The molecular weight excluding hydrogens is 472 g/mol. The first-order valence-electron chi connectivity index (χ1n) is 14.0. The lowest BCUT2D eigenvalue weighted by Crippen LogP contribution is -2.61. The van der Waals surface area contributed by atoms with Crippen LogP contribution < -0.4 is 0 Å². The maximum Gasteiger partial charge on any atom is 0.313 e. The number of hydrogen-bond donors (Lipinski definition) is 1. The van der Waals surface area contributed by atoms with Gasteiger partial charge in [-0.2, -0.15) is 0 Å². The molecule has 206 valence electrons. The Kier molecular flexibility index (Phi) is 8.19. The Hall–Kier alpha value is -2.19. The lowest BCUT2D eigenvalue weighted by atomic mass is 9.65. The van der Waals surface area contributed by atoms with Crippen molar-refractivity contribution in [2.24, 2.45) is 17.8 Å². The summed E-state index contributed by atoms with van der Waals surface area (Å²) in [5.41, 5.74) is -1.97. The molecule has 1 saturated carbocycles. The Bertz CT molecular complexity index is 914. The normalized spacial score (nSPS) is 33.9. The largest absolute Gasteiger partial charge is 0.461 e. The van der Waals surface area contributed by atoms with Crippen LogP contribution in [0.5, 0.6) is 0 Å². The highest BCUT2D eigenvalue weighted by Gasteiger charge is 2.79. The molecule has 37 heavy (non-hydrogen) atoms. The zero-order valence-corrected chi connectivity index (χ0v) is 22.7. The van der Waals surface area contributed by atoms with Crippen molar-refractivity contribution in [3.63, 3.8) is 0 Å². The number of likely N-dealkylation sites (tertiary alicyclic amines) is 1. The summed E-state index contributed by atoms with van der Waals surface area (Å²) in [6.07, 6.45) is 9.99. The Morgan fingerprint density at radius 1 is 1.22 bits per heavy atom. The average molecular weight is 517 g/mol. The summed E-state index contributed by atoms with van der Waals surface area (Å²) in [7, 11) is 0. The smallest absolute Gasteiger partial charge is 0.313 e. The average Bonchev–Trinajstić information content (AvgIpc) is 3.50. The predicted molar refractivity (Wildman–Crippen MR) is 139 cm³/mol. The van der Waals surface area contributed by atoms with Crippen LogP contribution in [0, 0.1) is 17.8 Å². The zero-order valence-electron chi connectivity index (χ0n) is 22.7. The van der Waals surface area contributed by atoms with Crippen molar-refractivity contribution in [2.75, 3.05) is 19.8 Å². The molecule has 2 unspecified atom stereocenters. The van der Waals surface area contributed by atoms with Gasteiger partial charge in [0.2, 0.25) is 11.8 Å². The Morgan fingerprint density at radius 3 is 2.49 bits per heavy atom. The number of carbonyl (C=O) groups excluding carboxylic acids is 3. The molecule has 0 radical (unpaired) electrons. The minimum Gasteiger partial charge on any atom is -0.461 e. The van der Waals surface area contributed by atoms with Crippen molar-refractivity contribution in [1.29, 1.82) is 0 Å². The molecule has 0 aromatic rings. The molecule has 0 aromatic carbocycles. The van der Waals surface area contributed by atoms with Gasteiger partial charge < -0.3 is 24.4 Å². The van der Waals surface area contributed by atoms with Gasteiger partial charge in [-0.1, -0.05) is 58.8 Å². The van der Waals surface area contributed by atoms with Gasteiger partial charge in [0.25, 0.3) is 0 Å². The number of esters is 1. The van der Waals surface area contributed by atoms with E-state index >= 15 is 0 Å². The van der Waals surface area contributed by atoms with Gasteiger partial charge in [0.15, 0.2) is 0 Å². The summed E-state index contributed by atoms with van der Waals surface area (Å²) in [6, 6.07) is -1.40. The highest BCUT2D eigenvalue weighted by molar-refractivity contribution is 5.99. The molecule has 4 aliphatic rings. The topological polar surface area (TPSA) is 96.4 Å². The van der Waals surface area contributed by atoms with E-state index in [9.17, 15) is 19.5 Å². The minimum absolute atomic E-state index is 0.0508. The van der Waals surface area contributed by atoms with Crippen LogP contribution >= 0.6 is 0 Å². The van der Waals surface area contributed by atoms with Gasteiger partial charge in [0.05, 0.1) is 24.2 Å². The van der Waals surface area contributed by atoms with E-state index in [-0.39, 0.29) is 37.0 Å². The van der Waals surface area contributed by atoms with Gasteiger partial charge >= 0.3 is 5.97 Å². The quantitative estimate of drug-likeness (QED) is 0.335. The first kappa shape index (κ1) is 27.8. The number of ether oxygens (including phenoxy) is 2. The van der Waals surface area contributed by atoms with Gasteiger partial charge in [-0.15, -0.1) is 6.58 Å². The molecule has 3 aliphatic heterocycles. The third-order valence-electron chi connectivity index (χ3n) is 9.39. The van der Waals surface area contributed by atoms with Crippen molar-refractivity contribution in [3.8, 4) is 0 Å². The van der Waals surface area contributed by atoms with Crippen LogP contribution in [0.2, 0.25) is 0 Å². The summed E-state index contributed by atoms with van der Waals surface area (Å²) in [5.74, 6) is -2.64. The summed E-state index contributed by atoms with van der Waals surface area (Å²) in [5, 5.41) is 10.4. The van der Waals surface area contributed by atoms with Crippen LogP contribution in [0.3, 0.4) is 0 Å². The molecule has 2 amide bonds. The zero-order chi connectivity index (χ0) is 27.0. The van der Waals surface area contributed by atoms with Gasteiger partial charge in [-0.05, 0) is 38.0 Å². The fraction of sp³-hybridized carbons (Fsp3) is 0.759. The summed E-state index contributed by atoms with van der Waals surface area (Å²) in [6.45, 7) is 13.5. The number of hydrogen-bond acceptors (Lipinski definition) is 6. The van der Waals surface area contributed by atoms with Crippen molar-refractivity contribution in [1.82, 2.24) is 9.80 Å². The van der Waals surface area contributed by atoms with Crippen molar-refractivity contribution < 1.29 is 29.0 Å². The van der Waals surface area contributed by atoms with E-state index in [2.05, 4.69) is 13.2 Å². The lowest BCUT2D eigenvalue weighted by Gasteiger charge is -2.43. The van der Waals surface area contributed by atoms with Crippen LogP contribution in [-0.4, -0.2) is 81.8 Å². The maximum atomic E-state index is 14.6. The standard InChI is InChI=1S/C29H44N2O6/c1-6-16-30(20-12-10-9-11-13-20)26(34)24-29-15-14-28(8-3,37-29)23(27(35)36-17-7-2)22(29)25(33)31(24)21(18-32)19(4)5/h6-7,19-24,32H,1-2,8-18H2,3-5H3/t21-,22-,23-,24?,28+,29?/m0/s1. The Labute approximate surface area is 221 Å². The third kappa shape index (κ3) is 4.34. The van der Waals surface area contributed by atoms with E-state index < -0.39 is 41.1 Å². The number of aliphatic hydroxyl groups excluding tert-OH is 1. The van der Waals surface area contributed by atoms with E-state index in [1.165, 1.54) is 6.08 Å². The molecule has 1 aliphatic carbocycles. The van der Waals surface area contributed by atoms with E-state index in [4.69, 9.17) is 9.47 Å². The molecular formula is C29H44N2O6. The van der Waals surface area contributed by atoms with Gasteiger partial charge in [-0.3, -0.25) is 14.4 Å². The maximum absolute atomic E-state index is 14.6. The second-order valence-electron chi connectivity index (χ2n) is 11.6. The van der Waals surface area contributed by atoms with Gasteiger partial charge in [0.1, 0.15) is 24.2 Å². The number of amides is 2. The van der Waals surface area contributed by atoms with Crippen molar-refractivity contribution in [2.45, 2.75) is 101 Å². The molecule has 8 nitrogen and oxygen atoms in total. The second-order valence-corrected chi connectivity index (χ2v) is 11.6. The number of aliphatic hydroxyl groups is 1. The van der Waals surface area contributed by atoms with E-state index in [0.717, 1.165) is 32.1 Å². The molecule has 0 aromatic heterocycles. The van der Waals surface area contributed by atoms with Crippen molar-refractivity contribution in [3.05, 3.63) is 25.3 Å². The SMILES string of the molecule is C=CCOC(=O)[C@@H]1[C@H]2C(=O)N([C@@H](CO)C(C)C)C(C(=O)N(CC=C)C3CCCCC3)C23CC[C@@]1(CC)O3. The van der Waals surface area contributed by atoms with E-state index in [1.807, 2.05) is 25.7 Å². The molecule has 1 N–H and O–H groups in total. The Morgan fingerprint density at radius 2 is 1.92 bits per heavy atom. The minimum atomic E-state index is -1.13. The Balaban J connectivity index is 1.82. The molecule has 4 rings (SSSR count). The number of rotatable bonds is 11. The highest BCUT2D eigenvalue weighted by atomic mass is 16.6. The number of carbonyl (C=O) groups is 3. The molecule has 6 atom stereocenters. The van der Waals surface area contributed by atoms with Gasteiger partial charge in [-0.25, -0.2) is 0 Å². The molecule has 8 heteroatoms. The molecule has 1 spiro atoms. The fourth-order valence-corrected chi connectivity index (χ4v) is 7.61. The highest BCUT2D eigenvalue weighted by Crippen LogP contribution is 2.65. The summed E-state index contributed by atoms with van der Waals surface area (Å²) in [4.78, 5) is 45.8. The van der Waals surface area contributed by atoms with Crippen LogP contribution in [0.15, 0.2) is 25.3 Å². The van der Waals surface area contributed by atoms with E-state index in [0.29, 0.717) is 25.8 Å². The van der Waals surface area contributed by atoms with Crippen LogP contribution in [-0.2, 0) is 23.9 Å². The number of nitrogens with zero attached hydrogens (tertiary/aromatic N) is 2. The first-order chi connectivity index (χ1) is 17.7. The fourth-order valence-electron chi connectivity index (χ4n) is 7.61. The lowest BCUT2D eigenvalue weighted by molar-refractivity contribution is -0.164. The van der Waals surface area contributed by atoms with Crippen LogP contribution in [0.1, 0.15) is 72.1 Å². The van der Waals surface area contributed by atoms with E-state index in [1.54, 1.807) is 11.0 Å². The van der Waals surface area contributed by atoms with Crippen LogP contribution in [0.4, 0.5) is 0 Å². The monoisotopic (exact) mass is 516 g/mol. The first-order valence-corrected chi connectivity index (χ1v) is 14.0. The van der Waals surface area contributed by atoms with Crippen molar-refractivity contribution >= 4 is 17.8 Å². The molecule has 4 fully saturated rings. The van der Waals surface area contributed by atoms with Crippen LogP contribution in [0.25, 0.3) is 0 Å². The molecule has 3 heterocycles.